The number of rotatable bonds is 5. The van der Waals surface area contributed by atoms with Crippen LogP contribution in [0.5, 0.6) is 5.75 Å². The molecule has 1 atom stereocenters. The number of ether oxygens (including phenoxy) is 2. The highest BCUT2D eigenvalue weighted by atomic mass is 32.1. The van der Waals surface area contributed by atoms with E-state index in [1.165, 1.54) is 11.3 Å². The Bertz CT molecular complexity index is 1820. The van der Waals surface area contributed by atoms with Gasteiger partial charge in [0.1, 0.15) is 5.75 Å². The van der Waals surface area contributed by atoms with Crippen LogP contribution in [0.15, 0.2) is 68.3 Å². The SMILES string of the molecule is CCOC(=O)C1=C(C)N=c2s/c(=C/c3ccc4c(c3)n(C)c(=O)n4C)c(=O)n2C1c1ccc(OC)cc1. The van der Waals surface area contributed by atoms with Crippen LogP contribution < -0.4 is 25.3 Å². The summed E-state index contributed by atoms with van der Waals surface area (Å²) in [7, 11) is 5.03. The number of aromatic nitrogens is 3. The molecule has 0 saturated heterocycles. The number of methoxy groups -OCH3 is 1. The summed E-state index contributed by atoms with van der Waals surface area (Å²) in [5.74, 6) is 0.162. The smallest absolute Gasteiger partial charge is 0.338 e. The largest absolute Gasteiger partial charge is 0.497 e. The number of esters is 1. The van der Waals surface area contributed by atoms with Gasteiger partial charge in [0, 0.05) is 14.1 Å². The Hall–Kier alpha value is -4.18. The molecule has 190 valence electrons. The van der Waals surface area contributed by atoms with E-state index < -0.39 is 12.0 Å². The zero-order valence-electron chi connectivity index (χ0n) is 21.1. The van der Waals surface area contributed by atoms with Crippen molar-refractivity contribution in [1.29, 1.82) is 0 Å². The molecule has 37 heavy (non-hydrogen) atoms. The van der Waals surface area contributed by atoms with E-state index in [9.17, 15) is 14.4 Å². The van der Waals surface area contributed by atoms with Crippen molar-refractivity contribution in [2.45, 2.75) is 19.9 Å². The minimum atomic E-state index is -0.694. The average molecular weight is 519 g/mol. The fourth-order valence-corrected chi connectivity index (χ4v) is 5.70. The second-order valence-corrected chi connectivity index (χ2v) is 9.73. The second-order valence-electron chi connectivity index (χ2n) is 8.72. The van der Waals surface area contributed by atoms with Crippen molar-refractivity contribution in [3.8, 4) is 5.75 Å². The Morgan fingerprint density at radius 3 is 2.46 bits per heavy atom. The molecule has 10 heteroatoms. The summed E-state index contributed by atoms with van der Waals surface area (Å²) >= 11 is 1.26. The van der Waals surface area contributed by atoms with Gasteiger partial charge in [0.05, 0.1) is 46.6 Å². The van der Waals surface area contributed by atoms with E-state index in [4.69, 9.17) is 9.47 Å². The van der Waals surface area contributed by atoms with Gasteiger partial charge >= 0.3 is 11.7 Å². The molecule has 1 unspecified atom stereocenters. The number of carbonyl (C=O) groups is 1. The predicted octanol–water partition coefficient (Wildman–Crippen LogP) is 2.00. The third-order valence-corrected chi connectivity index (χ3v) is 7.53. The molecule has 0 bridgehead atoms. The molecule has 0 fully saturated rings. The maximum absolute atomic E-state index is 13.8. The molecule has 3 heterocycles. The van der Waals surface area contributed by atoms with Gasteiger partial charge in [0.15, 0.2) is 4.80 Å². The van der Waals surface area contributed by atoms with Crippen LogP contribution in [-0.4, -0.2) is 33.4 Å². The van der Waals surface area contributed by atoms with Crippen molar-refractivity contribution < 1.29 is 14.3 Å². The summed E-state index contributed by atoms with van der Waals surface area (Å²) < 4.78 is 15.8. The minimum Gasteiger partial charge on any atom is -0.497 e. The number of thiazole rings is 1. The molecule has 1 aliphatic heterocycles. The number of benzene rings is 2. The third-order valence-electron chi connectivity index (χ3n) is 6.54. The van der Waals surface area contributed by atoms with Gasteiger partial charge < -0.3 is 9.47 Å². The number of allylic oxidation sites excluding steroid dienone is 1. The number of imidazole rings is 1. The molecule has 0 aliphatic carbocycles. The highest BCUT2D eigenvalue weighted by molar-refractivity contribution is 7.07. The second kappa shape index (κ2) is 9.36. The number of carbonyl (C=O) groups excluding carboxylic acids is 1. The first-order chi connectivity index (χ1) is 17.7. The molecule has 4 aromatic rings. The maximum Gasteiger partial charge on any atom is 0.338 e. The predicted molar refractivity (Wildman–Crippen MR) is 142 cm³/mol. The molecular weight excluding hydrogens is 492 g/mol. The van der Waals surface area contributed by atoms with Gasteiger partial charge in [-0.15, -0.1) is 0 Å². The van der Waals surface area contributed by atoms with E-state index in [-0.39, 0.29) is 17.9 Å². The first-order valence-corrected chi connectivity index (χ1v) is 12.6. The van der Waals surface area contributed by atoms with Gasteiger partial charge in [0.25, 0.3) is 5.56 Å². The van der Waals surface area contributed by atoms with Crippen LogP contribution in [0.3, 0.4) is 0 Å². The standard InChI is InChI=1S/C27H26N4O5S/c1-6-36-25(33)22-15(2)28-26-31(23(22)17-8-10-18(35-5)11-9-17)24(32)21(37-26)14-16-7-12-19-20(13-16)30(4)27(34)29(19)3/h7-14,23H,6H2,1-5H3/b21-14+. The molecule has 0 N–H and O–H groups in total. The fourth-order valence-electron chi connectivity index (χ4n) is 4.66. The topological polar surface area (TPSA) is 96.8 Å². The molecular formula is C27H26N4O5S. The molecule has 0 amide bonds. The van der Waals surface area contributed by atoms with Gasteiger partial charge in [-0.1, -0.05) is 29.5 Å². The Kier molecular flexibility index (Phi) is 6.20. The van der Waals surface area contributed by atoms with Crippen LogP contribution in [0, 0.1) is 0 Å². The van der Waals surface area contributed by atoms with Crippen LogP contribution in [0.2, 0.25) is 0 Å². The van der Waals surface area contributed by atoms with Gasteiger partial charge in [-0.25, -0.2) is 14.6 Å². The van der Waals surface area contributed by atoms with E-state index in [1.54, 1.807) is 67.0 Å². The summed E-state index contributed by atoms with van der Waals surface area (Å²) in [6.45, 7) is 3.70. The zero-order valence-corrected chi connectivity index (χ0v) is 22.0. The van der Waals surface area contributed by atoms with Crippen molar-refractivity contribution in [2.75, 3.05) is 13.7 Å². The lowest BCUT2D eigenvalue weighted by Crippen LogP contribution is -2.39. The van der Waals surface area contributed by atoms with Crippen molar-refractivity contribution in [2.24, 2.45) is 19.1 Å². The summed E-state index contributed by atoms with van der Waals surface area (Å²) in [6.07, 6.45) is 1.79. The highest BCUT2D eigenvalue weighted by Gasteiger charge is 2.33. The van der Waals surface area contributed by atoms with E-state index in [1.807, 2.05) is 30.3 Å². The average Bonchev–Trinajstić information content (AvgIpc) is 3.31. The summed E-state index contributed by atoms with van der Waals surface area (Å²) in [4.78, 5) is 44.2. The first kappa shape index (κ1) is 24.5. The minimum absolute atomic E-state index is 0.118. The lowest BCUT2D eigenvalue weighted by Gasteiger charge is -2.24. The number of nitrogens with zero attached hydrogens (tertiary/aromatic N) is 4. The molecule has 2 aromatic heterocycles. The highest BCUT2D eigenvalue weighted by Crippen LogP contribution is 2.31. The number of hydrogen-bond acceptors (Lipinski definition) is 7. The zero-order chi connectivity index (χ0) is 26.4. The number of hydrogen-bond donors (Lipinski definition) is 0. The first-order valence-electron chi connectivity index (χ1n) is 11.7. The van der Waals surface area contributed by atoms with E-state index >= 15 is 0 Å². The van der Waals surface area contributed by atoms with Gasteiger partial charge in [-0.3, -0.25) is 18.5 Å². The monoisotopic (exact) mass is 518 g/mol. The Balaban J connectivity index is 1.71. The van der Waals surface area contributed by atoms with Gasteiger partial charge in [-0.05, 0) is 55.3 Å². The summed E-state index contributed by atoms with van der Waals surface area (Å²) in [5, 5.41) is 0. The van der Waals surface area contributed by atoms with Crippen LogP contribution in [-0.2, 0) is 23.6 Å². The van der Waals surface area contributed by atoms with Crippen LogP contribution in [0.4, 0.5) is 0 Å². The van der Waals surface area contributed by atoms with E-state index in [2.05, 4.69) is 4.99 Å². The molecule has 1 aliphatic rings. The molecule has 0 saturated carbocycles. The van der Waals surface area contributed by atoms with Gasteiger partial charge in [-0.2, -0.15) is 0 Å². The quantitative estimate of drug-likeness (QED) is 0.377. The summed E-state index contributed by atoms with van der Waals surface area (Å²) in [6, 6.07) is 12.2. The van der Waals surface area contributed by atoms with Crippen LogP contribution >= 0.6 is 11.3 Å². The Labute approximate surface area is 215 Å². The van der Waals surface area contributed by atoms with Crippen molar-refractivity contribution in [1.82, 2.24) is 13.7 Å². The molecule has 9 nitrogen and oxygen atoms in total. The van der Waals surface area contributed by atoms with Crippen molar-refractivity contribution in [3.63, 3.8) is 0 Å². The fraction of sp³-hybridized carbons (Fsp3) is 0.259. The Morgan fingerprint density at radius 1 is 1.08 bits per heavy atom. The van der Waals surface area contributed by atoms with E-state index in [0.29, 0.717) is 26.4 Å². The number of aryl methyl sites for hydroxylation is 2. The normalized spacial score (nSPS) is 15.6. The van der Waals surface area contributed by atoms with Gasteiger partial charge in [0.2, 0.25) is 0 Å². The summed E-state index contributed by atoms with van der Waals surface area (Å²) in [5.41, 5.74) is 3.55. The van der Waals surface area contributed by atoms with Crippen LogP contribution in [0.1, 0.15) is 31.0 Å². The van der Waals surface area contributed by atoms with E-state index in [0.717, 1.165) is 22.2 Å². The Morgan fingerprint density at radius 2 is 1.78 bits per heavy atom. The number of fused-ring (bicyclic) bond motifs is 2. The molecule has 0 spiro atoms. The lowest BCUT2D eigenvalue weighted by atomic mass is 9.96. The van der Waals surface area contributed by atoms with Crippen molar-refractivity contribution >= 4 is 34.4 Å². The molecule has 0 radical (unpaired) electrons. The van der Waals surface area contributed by atoms with Crippen molar-refractivity contribution in [3.05, 3.63) is 95.0 Å². The van der Waals surface area contributed by atoms with Crippen LogP contribution in [0.25, 0.3) is 17.1 Å². The third kappa shape index (κ3) is 4.03. The lowest BCUT2D eigenvalue weighted by molar-refractivity contribution is -0.139. The maximum atomic E-state index is 13.8. The molecule has 2 aromatic carbocycles. The molecule has 5 rings (SSSR count).